The second kappa shape index (κ2) is 6.89. The Morgan fingerprint density at radius 2 is 2.00 bits per heavy atom. The fourth-order valence-electron chi connectivity index (χ4n) is 1.99. The molecule has 3 rings (SSSR count). The lowest BCUT2D eigenvalue weighted by Crippen LogP contribution is -2.20. The van der Waals surface area contributed by atoms with Gasteiger partial charge in [-0.3, -0.25) is 4.79 Å². The smallest absolute Gasteiger partial charge is 0.249 e. The summed E-state index contributed by atoms with van der Waals surface area (Å²) in [4.78, 5) is 17.8. The van der Waals surface area contributed by atoms with Crippen LogP contribution in [0.4, 0.5) is 5.13 Å². The highest BCUT2D eigenvalue weighted by Crippen LogP contribution is 2.26. The first-order valence-electron chi connectivity index (χ1n) is 7.61. The van der Waals surface area contributed by atoms with Crippen LogP contribution in [0.15, 0.2) is 29.6 Å². The van der Waals surface area contributed by atoms with E-state index < -0.39 is 0 Å². The van der Waals surface area contributed by atoms with Crippen LogP contribution < -0.4 is 5.32 Å². The fraction of sp³-hybridized carbons (Fsp3) is 0.312. The maximum atomic E-state index is 12.1. The molecule has 130 valence electrons. The third-order valence-corrected chi connectivity index (χ3v) is 4.37. The molecule has 0 bridgehead atoms. The van der Waals surface area contributed by atoms with Crippen LogP contribution in [-0.4, -0.2) is 31.1 Å². The van der Waals surface area contributed by atoms with Crippen LogP contribution in [0.3, 0.4) is 0 Å². The highest BCUT2D eigenvalue weighted by molar-refractivity contribution is 7.13. The van der Waals surface area contributed by atoms with Crippen molar-refractivity contribution in [2.24, 2.45) is 0 Å². The summed E-state index contributed by atoms with van der Waals surface area (Å²) in [6.07, 6.45) is 0. The van der Waals surface area contributed by atoms with Crippen molar-refractivity contribution in [3.63, 3.8) is 0 Å². The Hall–Kier alpha value is -2.32. The van der Waals surface area contributed by atoms with Crippen molar-refractivity contribution in [3.05, 3.63) is 40.4 Å². The quantitative estimate of drug-likeness (QED) is 0.754. The first kappa shape index (κ1) is 17.5. The molecule has 0 radical (unpaired) electrons. The van der Waals surface area contributed by atoms with Gasteiger partial charge < -0.3 is 5.32 Å². The van der Waals surface area contributed by atoms with Gasteiger partial charge in [-0.25, -0.2) is 4.98 Å². The minimum Gasteiger partial charge on any atom is -0.300 e. The number of carbonyl (C=O) groups excluding carboxylic acids is 1. The zero-order chi connectivity index (χ0) is 18.0. The number of hydrogen-bond acceptors (Lipinski definition) is 6. The molecule has 7 nitrogen and oxygen atoms in total. The summed E-state index contributed by atoms with van der Waals surface area (Å²) in [5.41, 5.74) is 1.67. The number of tetrazole rings is 1. The zero-order valence-corrected chi connectivity index (χ0v) is 15.6. The van der Waals surface area contributed by atoms with E-state index in [0.717, 1.165) is 11.3 Å². The lowest BCUT2D eigenvalue weighted by molar-refractivity contribution is -0.117. The van der Waals surface area contributed by atoms with Gasteiger partial charge in [0.25, 0.3) is 0 Å². The van der Waals surface area contributed by atoms with E-state index in [0.29, 0.717) is 16.0 Å². The van der Waals surface area contributed by atoms with E-state index in [-0.39, 0.29) is 17.9 Å². The third-order valence-electron chi connectivity index (χ3n) is 3.36. The number of hydrogen-bond donors (Lipinski definition) is 1. The molecule has 0 aliphatic heterocycles. The molecule has 1 aromatic carbocycles. The average molecular weight is 377 g/mol. The second-order valence-corrected chi connectivity index (χ2v) is 7.78. The summed E-state index contributed by atoms with van der Waals surface area (Å²) in [6.45, 7) is 6.19. The van der Waals surface area contributed by atoms with Crippen molar-refractivity contribution in [1.82, 2.24) is 25.2 Å². The molecule has 1 amide bonds. The number of nitrogens with one attached hydrogen (secondary N) is 1. The van der Waals surface area contributed by atoms with Gasteiger partial charge >= 0.3 is 0 Å². The Kier molecular flexibility index (Phi) is 4.82. The van der Waals surface area contributed by atoms with Gasteiger partial charge in [0.2, 0.25) is 11.7 Å². The summed E-state index contributed by atoms with van der Waals surface area (Å²) >= 11 is 7.26. The van der Waals surface area contributed by atoms with Crippen molar-refractivity contribution >= 4 is 34.0 Å². The molecule has 0 saturated heterocycles. The predicted octanol–water partition coefficient (Wildman–Crippen LogP) is 3.39. The molecule has 3 aromatic rings. The van der Waals surface area contributed by atoms with E-state index in [1.165, 1.54) is 16.1 Å². The Balaban J connectivity index is 1.64. The summed E-state index contributed by atoms with van der Waals surface area (Å²) in [6, 6.07) is 7.10. The number of rotatable bonds is 4. The van der Waals surface area contributed by atoms with Gasteiger partial charge in [-0.1, -0.05) is 32.4 Å². The van der Waals surface area contributed by atoms with Crippen LogP contribution in [0.25, 0.3) is 11.4 Å². The van der Waals surface area contributed by atoms with Crippen molar-refractivity contribution in [2.75, 3.05) is 5.32 Å². The van der Waals surface area contributed by atoms with Crippen molar-refractivity contribution in [3.8, 4) is 11.4 Å². The SMILES string of the molecule is CC(C)(C)c1csc(NC(=O)Cn2nnc(-c3ccc(Cl)cc3)n2)n1. The first-order chi connectivity index (χ1) is 11.8. The number of benzene rings is 1. The monoisotopic (exact) mass is 376 g/mol. The lowest BCUT2D eigenvalue weighted by atomic mass is 9.93. The van der Waals surface area contributed by atoms with Crippen LogP contribution in [0.1, 0.15) is 26.5 Å². The van der Waals surface area contributed by atoms with E-state index in [1.54, 1.807) is 24.3 Å². The highest BCUT2D eigenvalue weighted by atomic mass is 35.5. The number of amides is 1. The van der Waals surface area contributed by atoms with Gasteiger partial charge in [-0.15, -0.1) is 21.5 Å². The topological polar surface area (TPSA) is 85.6 Å². The molecule has 0 aliphatic rings. The summed E-state index contributed by atoms with van der Waals surface area (Å²) < 4.78 is 0. The van der Waals surface area contributed by atoms with Gasteiger partial charge in [0.1, 0.15) is 6.54 Å². The molecule has 0 fully saturated rings. The first-order valence-corrected chi connectivity index (χ1v) is 8.86. The van der Waals surface area contributed by atoms with E-state index >= 15 is 0 Å². The minimum absolute atomic E-state index is 0.0367. The van der Waals surface area contributed by atoms with Crippen LogP contribution >= 0.6 is 22.9 Å². The molecule has 0 unspecified atom stereocenters. The minimum atomic E-state index is -0.255. The van der Waals surface area contributed by atoms with Gasteiger partial charge in [0.15, 0.2) is 5.13 Å². The van der Waals surface area contributed by atoms with Crippen LogP contribution in [0.2, 0.25) is 5.02 Å². The normalized spacial score (nSPS) is 11.5. The maximum Gasteiger partial charge on any atom is 0.249 e. The summed E-state index contributed by atoms with van der Waals surface area (Å²) in [7, 11) is 0. The van der Waals surface area contributed by atoms with Crippen LogP contribution in [-0.2, 0) is 16.8 Å². The van der Waals surface area contributed by atoms with Crippen molar-refractivity contribution < 1.29 is 4.79 Å². The van der Waals surface area contributed by atoms with E-state index in [4.69, 9.17) is 11.6 Å². The number of nitrogens with zero attached hydrogens (tertiary/aromatic N) is 5. The fourth-order valence-corrected chi connectivity index (χ4v) is 3.07. The molecule has 9 heteroatoms. The van der Waals surface area contributed by atoms with Gasteiger partial charge in [0.05, 0.1) is 5.69 Å². The number of halogens is 1. The van der Waals surface area contributed by atoms with Crippen molar-refractivity contribution in [1.29, 1.82) is 0 Å². The Bertz CT molecular complexity index is 881. The van der Waals surface area contributed by atoms with E-state index in [2.05, 4.69) is 46.5 Å². The Morgan fingerprint density at radius 3 is 2.64 bits per heavy atom. The molecule has 2 aromatic heterocycles. The van der Waals surface area contributed by atoms with Gasteiger partial charge in [-0.2, -0.15) is 4.80 Å². The molecule has 2 heterocycles. The molecule has 0 saturated carbocycles. The summed E-state index contributed by atoms with van der Waals surface area (Å²) in [5, 5.41) is 18.0. The third kappa shape index (κ3) is 4.40. The molecular formula is C16H17ClN6OS. The molecule has 0 atom stereocenters. The van der Waals surface area contributed by atoms with E-state index in [1.807, 2.05) is 5.38 Å². The average Bonchev–Trinajstić information content (AvgIpc) is 3.17. The molecular weight excluding hydrogens is 360 g/mol. The highest BCUT2D eigenvalue weighted by Gasteiger charge is 2.18. The summed E-state index contributed by atoms with van der Waals surface area (Å²) in [5.74, 6) is 0.184. The number of anilines is 1. The standard InChI is InChI=1S/C16H17ClN6OS/c1-16(2,3)12-9-25-15(18-12)19-13(24)8-23-21-14(20-22-23)10-4-6-11(17)7-5-10/h4-7,9H,8H2,1-3H3,(H,18,19,24). The molecule has 0 spiro atoms. The lowest BCUT2D eigenvalue weighted by Gasteiger charge is -2.14. The Labute approximate surface area is 154 Å². The van der Waals surface area contributed by atoms with Crippen LogP contribution in [0.5, 0.6) is 0 Å². The van der Waals surface area contributed by atoms with Crippen molar-refractivity contribution in [2.45, 2.75) is 32.7 Å². The number of aromatic nitrogens is 5. The van der Waals surface area contributed by atoms with Gasteiger partial charge in [0, 0.05) is 21.4 Å². The van der Waals surface area contributed by atoms with Crippen LogP contribution in [0, 0.1) is 0 Å². The molecule has 25 heavy (non-hydrogen) atoms. The molecule has 0 aliphatic carbocycles. The van der Waals surface area contributed by atoms with Gasteiger partial charge in [-0.05, 0) is 29.5 Å². The second-order valence-electron chi connectivity index (χ2n) is 6.49. The zero-order valence-electron chi connectivity index (χ0n) is 14.0. The largest absolute Gasteiger partial charge is 0.300 e. The number of carbonyl (C=O) groups is 1. The Morgan fingerprint density at radius 1 is 1.28 bits per heavy atom. The predicted molar refractivity (Wildman–Crippen MR) is 97.7 cm³/mol. The molecule has 1 N–H and O–H groups in total. The maximum absolute atomic E-state index is 12.1. The van der Waals surface area contributed by atoms with E-state index in [9.17, 15) is 4.79 Å². The number of thiazole rings is 1.